The molecule has 0 saturated carbocycles. The second-order valence-corrected chi connectivity index (χ2v) is 5.59. The summed E-state index contributed by atoms with van der Waals surface area (Å²) in [5.74, 6) is -1.09. The molecule has 1 aromatic heterocycles. The second-order valence-electron chi connectivity index (χ2n) is 4.07. The van der Waals surface area contributed by atoms with Crippen LogP contribution in [0.1, 0.15) is 10.4 Å². The standard InChI is InChI=1S/C14H8ClF3O2S/c15-11-4-1-8(7-10(11)14(16,17)18)12-5-2-9(21-12)3-6-13(19)20/h1-7H,(H,19,20)/b6-3+. The molecule has 1 N–H and O–H groups in total. The molecule has 0 amide bonds. The van der Waals surface area contributed by atoms with Crippen LogP contribution in [0.4, 0.5) is 13.2 Å². The predicted molar refractivity (Wildman–Crippen MR) is 76.4 cm³/mol. The Morgan fingerprint density at radius 2 is 1.95 bits per heavy atom. The highest BCUT2D eigenvalue weighted by Gasteiger charge is 2.33. The molecule has 0 bridgehead atoms. The Morgan fingerprint density at radius 3 is 2.57 bits per heavy atom. The molecular weight excluding hydrogens is 325 g/mol. The van der Waals surface area contributed by atoms with E-state index < -0.39 is 17.7 Å². The fourth-order valence-corrected chi connectivity index (χ4v) is 2.78. The van der Waals surface area contributed by atoms with Gasteiger partial charge in [0.05, 0.1) is 10.6 Å². The largest absolute Gasteiger partial charge is 0.478 e. The molecule has 0 atom stereocenters. The van der Waals surface area contributed by atoms with Gasteiger partial charge in [-0.15, -0.1) is 11.3 Å². The maximum Gasteiger partial charge on any atom is 0.417 e. The van der Waals surface area contributed by atoms with Gasteiger partial charge in [0.2, 0.25) is 0 Å². The quantitative estimate of drug-likeness (QED) is 0.786. The fourth-order valence-electron chi connectivity index (χ4n) is 1.65. The third-order valence-corrected chi connectivity index (χ3v) is 4.00. The lowest BCUT2D eigenvalue weighted by Crippen LogP contribution is -2.05. The van der Waals surface area contributed by atoms with Crippen LogP contribution in [0.5, 0.6) is 0 Å². The van der Waals surface area contributed by atoms with Crippen LogP contribution in [0.15, 0.2) is 36.4 Å². The summed E-state index contributed by atoms with van der Waals surface area (Å²) < 4.78 is 38.4. The Kier molecular flexibility index (Phi) is 4.39. The molecular formula is C14H8ClF3O2S. The maximum atomic E-state index is 12.8. The van der Waals surface area contributed by atoms with Crippen molar-refractivity contribution >= 4 is 35.0 Å². The summed E-state index contributed by atoms with van der Waals surface area (Å²) in [5.41, 5.74) is -0.510. The Bertz CT molecular complexity index is 704. The second kappa shape index (κ2) is 5.91. The van der Waals surface area contributed by atoms with E-state index in [1.54, 1.807) is 12.1 Å². The lowest BCUT2D eigenvalue weighted by Gasteiger charge is -2.10. The zero-order valence-corrected chi connectivity index (χ0v) is 11.9. The van der Waals surface area contributed by atoms with Crippen LogP contribution >= 0.6 is 22.9 Å². The summed E-state index contributed by atoms with van der Waals surface area (Å²) in [6, 6.07) is 6.95. The monoisotopic (exact) mass is 332 g/mol. The zero-order valence-electron chi connectivity index (χ0n) is 10.3. The third kappa shape index (κ3) is 3.86. The topological polar surface area (TPSA) is 37.3 Å². The van der Waals surface area contributed by atoms with Gasteiger partial charge >= 0.3 is 12.1 Å². The Labute approximate surface area is 127 Å². The number of carbonyl (C=O) groups is 1. The predicted octanol–water partition coefficient (Wildman–Crippen LogP) is 5.19. The average molecular weight is 333 g/mol. The first-order valence-electron chi connectivity index (χ1n) is 5.65. The number of hydrogen-bond acceptors (Lipinski definition) is 2. The third-order valence-electron chi connectivity index (χ3n) is 2.57. The van der Waals surface area contributed by atoms with Crippen LogP contribution in [0.2, 0.25) is 5.02 Å². The number of halogens is 4. The molecule has 110 valence electrons. The van der Waals surface area contributed by atoms with E-state index in [1.807, 2.05) is 0 Å². The van der Waals surface area contributed by atoms with Gasteiger partial charge in [-0.05, 0) is 35.9 Å². The van der Waals surface area contributed by atoms with E-state index in [9.17, 15) is 18.0 Å². The van der Waals surface area contributed by atoms with E-state index in [2.05, 4.69) is 0 Å². The number of benzene rings is 1. The van der Waals surface area contributed by atoms with Crippen LogP contribution in [-0.4, -0.2) is 11.1 Å². The summed E-state index contributed by atoms with van der Waals surface area (Å²) in [5, 5.41) is 8.18. The molecule has 0 aliphatic heterocycles. The highest BCUT2D eigenvalue weighted by molar-refractivity contribution is 7.16. The molecule has 0 unspecified atom stereocenters. The van der Waals surface area contributed by atoms with Gasteiger partial charge in [-0.3, -0.25) is 0 Å². The van der Waals surface area contributed by atoms with Crippen LogP contribution < -0.4 is 0 Å². The number of aliphatic carboxylic acids is 1. The molecule has 0 saturated heterocycles. The minimum Gasteiger partial charge on any atom is -0.478 e. The van der Waals surface area contributed by atoms with Crippen molar-refractivity contribution in [2.75, 3.05) is 0 Å². The molecule has 0 fully saturated rings. The molecule has 2 rings (SSSR count). The minimum absolute atomic E-state index is 0.353. The molecule has 1 aromatic carbocycles. The van der Waals surface area contributed by atoms with Crippen molar-refractivity contribution in [1.29, 1.82) is 0 Å². The van der Waals surface area contributed by atoms with Gasteiger partial charge < -0.3 is 5.11 Å². The van der Waals surface area contributed by atoms with Gasteiger partial charge in [0, 0.05) is 15.8 Å². The van der Waals surface area contributed by atoms with Gasteiger partial charge in [-0.1, -0.05) is 17.7 Å². The molecule has 0 radical (unpaired) electrons. The van der Waals surface area contributed by atoms with E-state index in [0.29, 0.717) is 15.3 Å². The molecule has 0 aliphatic rings. The zero-order chi connectivity index (χ0) is 15.6. The highest BCUT2D eigenvalue weighted by Crippen LogP contribution is 2.38. The van der Waals surface area contributed by atoms with E-state index in [4.69, 9.17) is 16.7 Å². The maximum absolute atomic E-state index is 12.8. The first-order chi connectivity index (χ1) is 9.77. The molecule has 2 aromatic rings. The molecule has 0 spiro atoms. The average Bonchev–Trinajstić information content (AvgIpc) is 2.84. The summed E-state index contributed by atoms with van der Waals surface area (Å²) in [6.07, 6.45) is -2.16. The van der Waals surface area contributed by atoms with Crippen LogP contribution in [0, 0.1) is 0 Å². The SMILES string of the molecule is O=C(O)/C=C/c1ccc(-c2ccc(Cl)c(C(F)(F)F)c2)s1. The number of thiophene rings is 1. The first-order valence-corrected chi connectivity index (χ1v) is 6.85. The number of carboxylic acids is 1. The van der Waals surface area contributed by atoms with E-state index in [-0.39, 0.29) is 5.02 Å². The minimum atomic E-state index is -4.52. The Hall–Kier alpha value is -1.79. The van der Waals surface area contributed by atoms with Gasteiger partial charge in [-0.25, -0.2) is 4.79 Å². The number of alkyl halides is 3. The molecule has 7 heteroatoms. The summed E-state index contributed by atoms with van der Waals surface area (Å²) in [4.78, 5) is 11.7. The number of carboxylic acid groups (broad SMARTS) is 1. The normalized spacial score (nSPS) is 12.0. The van der Waals surface area contributed by atoms with Crippen molar-refractivity contribution in [3.63, 3.8) is 0 Å². The lowest BCUT2D eigenvalue weighted by molar-refractivity contribution is -0.137. The van der Waals surface area contributed by atoms with E-state index in [1.165, 1.54) is 29.5 Å². The van der Waals surface area contributed by atoms with Gasteiger partial charge in [-0.2, -0.15) is 13.2 Å². The van der Waals surface area contributed by atoms with Crippen molar-refractivity contribution in [3.8, 4) is 10.4 Å². The van der Waals surface area contributed by atoms with E-state index in [0.717, 1.165) is 12.1 Å². The summed E-state index contributed by atoms with van der Waals surface area (Å²) >= 11 is 6.76. The van der Waals surface area contributed by atoms with Crippen molar-refractivity contribution in [1.82, 2.24) is 0 Å². The smallest absolute Gasteiger partial charge is 0.417 e. The van der Waals surface area contributed by atoms with Crippen LogP contribution in [0.3, 0.4) is 0 Å². The Morgan fingerprint density at radius 1 is 1.24 bits per heavy atom. The number of hydrogen-bond donors (Lipinski definition) is 1. The summed E-state index contributed by atoms with van der Waals surface area (Å²) in [7, 11) is 0. The molecule has 0 aliphatic carbocycles. The molecule has 2 nitrogen and oxygen atoms in total. The first kappa shape index (κ1) is 15.6. The molecule has 21 heavy (non-hydrogen) atoms. The van der Waals surface area contributed by atoms with Gasteiger partial charge in [0.25, 0.3) is 0 Å². The lowest BCUT2D eigenvalue weighted by atomic mass is 10.1. The number of rotatable bonds is 3. The molecule has 1 heterocycles. The highest BCUT2D eigenvalue weighted by atomic mass is 35.5. The Balaban J connectivity index is 2.37. The fraction of sp³-hybridized carbons (Fsp3) is 0.0714. The van der Waals surface area contributed by atoms with Crippen LogP contribution in [-0.2, 0) is 11.0 Å². The summed E-state index contributed by atoms with van der Waals surface area (Å²) in [6.45, 7) is 0. The van der Waals surface area contributed by atoms with Crippen molar-refractivity contribution in [2.45, 2.75) is 6.18 Å². The van der Waals surface area contributed by atoms with Crippen molar-refractivity contribution < 1.29 is 23.1 Å². The van der Waals surface area contributed by atoms with Gasteiger partial charge in [0.15, 0.2) is 0 Å². The van der Waals surface area contributed by atoms with Gasteiger partial charge in [0.1, 0.15) is 0 Å². The van der Waals surface area contributed by atoms with E-state index >= 15 is 0 Å². The van der Waals surface area contributed by atoms with Crippen LogP contribution in [0.25, 0.3) is 16.5 Å². The van der Waals surface area contributed by atoms with Crippen molar-refractivity contribution in [2.24, 2.45) is 0 Å². The van der Waals surface area contributed by atoms with Crippen molar-refractivity contribution in [3.05, 3.63) is 51.9 Å².